The van der Waals surface area contributed by atoms with Crippen LogP contribution in [0.2, 0.25) is 0 Å². The number of aliphatic hydroxyl groups is 1. The van der Waals surface area contributed by atoms with Crippen LogP contribution >= 0.6 is 46.7 Å². The van der Waals surface area contributed by atoms with E-state index in [1.807, 2.05) is 127 Å². The molecular formula is C106H173Cl5N4O2PRu2+. The van der Waals surface area contributed by atoms with E-state index in [0.29, 0.717) is 23.3 Å². The van der Waals surface area contributed by atoms with Gasteiger partial charge < -0.3 is 22.2 Å². The Hall–Kier alpha value is -2.88. The van der Waals surface area contributed by atoms with Gasteiger partial charge in [0.05, 0.1) is 17.0 Å². The van der Waals surface area contributed by atoms with Crippen molar-refractivity contribution < 1.29 is 53.5 Å². The van der Waals surface area contributed by atoms with Crippen LogP contribution in [0.25, 0.3) is 11.4 Å². The number of nitrogens with zero attached hydrogens (tertiary/aromatic N) is 4. The maximum Gasteiger partial charge on any atom is -1.00 e. The van der Waals surface area contributed by atoms with Crippen molar-refractivity contribution in [2.75, 3.05) is 0 Å². The van der Waals surface area contributed by atoms with E-state index in [-0.39, 0.29) is 70.4 Å². The van der Waals surface area contributed by atoms with Crippen molar-refractivity contribution in [1.82, 2.24) is 14.4 Å². The third-order valence-electron chi connectivity index (χ3n) is 23.8. The van der Waals surface area contributed by atoms with Gasteiger partial charge in [0.15, 0.2) is 0 Å². The van der Waals surface area contributed by atoms with Crippen LogP contribution in [0.1, 0.15) is 384 Å². The molecule has 684 valence electrons. The molecule has 1 N–H and O–H groups in total. The Kier molecular flexibility index (Phi) is 47.1. The average Bonchev–Trinajstić information content (AvgIpc) is 1.52. The molecule has 14 heteroatoms. The summed E-state index contributed by atoms with van der Waals surface area (Å²) in [5.74, 6) is 3.08. The summed E-state index contributed by atoms with van der Waals surface area (Å²) in [7, 11) is 23.3. The Bertz CT molecular complexity index is 3760. The minimum atomic E-state index is -1.77. The normalized spacial score (nSPS) is 18.6. The van der Waals surface area contributed by atoms with Gasteiger partial charge in [-0.25, -0.2) is 9.13 Å². The predicted molar refractivity (Wildman–Crippen MR) is 528 cm³/mol. The zero-order valence-corrected chi connectivity index (χ0v) is 90.3. The quantitative estimate of drug-likeness (QED) is 0.0294. The van der Waals surface area contributed by atoms with E-state index in [1.165, 1.54) is 74.7 Å². The summed E-state index contributed by atoms with van der Waals surface area (Å²) in [6, 6.07) is 30.2. The molecule has 3 fully saturated rings. The molecule has 6 aliphatic rings. The molecule has 3 saturated carbocycles. The molecule has 4 aromatic carbocycles. The summed E-state index contributed by atoms with van der Waals surface area (Å²) in [6.07, 6.45) is 46.5. The molecule has 120 heavy (non-hydrogen) atoms. The number of ether oxygens (including phenoxy) is 2. The molecule has 3 atom stereocenters. The fraction of sp³-hybridized carbons (Fsp3) is 0.642. The first-order chi connectivity index (χ1) is 55.3. The minimum absolute atomic E-state index is 0. The van der Waals surface area contributed by atoms with Gasteiger partial charge in [0.25, 0.3) is 6.33 Å². The Labute approximate surface area is 772 Å². The molecular weight excluding hydrogens is 1770 g/mol. The Morgan fingerprint density at radius 1 is 0.508 bits per heavy atom. The van der Waals surface area contributed by atoms with Crippen molar-refractivity contribution in [3.63, 3.8) is 0 Å². The molecule has 6 nitrogen and oxygen atoms in total. The molecule has 0 radical (unpaired) electrons. The molecule has 0 spiro atoms. The van der Waals surface area contributed by atoms with Crippen molar-refractivity contribution >= 4 is 55.9 Å². The number of aromatic hydroxyl groups is 1. The smallest absolute Gasteiger partial charge is 1.00 e. The number of benzene rings is 4. The van der Waals surface area contributed by atoms with Gasteiger partial charge >= 0.3 is 196 Å². The third-order valence-corrected chi connectivity index (χ3v) is 32.0. The molecule has 0 amide bonds. The maximum absolute atomic E-state index is 5.83. The summed E-state index contributed by atoms with van der Waals surface area (Å²) in [5.41, 5.74) is 19.5. The SMILES string of the molecule is C1CCC([PH+](C2CCCCC2)C2CCCCC2)CC1.CC.CC.CC.CC(C)(C)C1=C[C@H](C(C)(C)C)CC(N2C=CN([C@H]3C=C(C(C)(C)C)C[C@@H](C(C)(C)C)C3)[CH-]2)=C1.CC(C)(C)c1cc(-n2cc[n+](-c3cc(C(C)(C)C)cc(C(C)(C)C)c3)c2)cc(C(C)(C)C)c1.CC(C)Oc1ccccc1[CH]=[Ru]([Cl])[Cl].CC(C)[OH+]c1ccccc1[CH]=[Ru]([Cl])[Cl].[Cl-]. The molecule has 2 heterocycles. The van der Waals surface area contributed by atoms with Crippen molar-refractivity contribution in [2.45, 2.75) is 408 Å². The van der Waals surface area contributed by atoms with Crippen LogP contribution in [0.3, 0.4) is 0 Å². The van der Waals surface area contributed by atoms with Crippen LogP contribution in [0.15, 0.2) is 151 Å². The number of allylic oxidation sites excluding steroid dienone is 5. The van der Waals surface area contributed by atoms with Gasteiger partial charge in [-0.05, 0) is 228 Å². The molecule has 1 aromatic heterocycles. The molecule has 0 saturated heterocycles. The topological polar surface area (TPSA) is 37.3 Å². The third kappa shape index (κ3) is 37.1. The van der Waals surface area contributed by atoms with Gasteiger partial charge in [-0.3, -0.25) is 0 Å². The van der Waals surface area contributed by atoms with E-state index < -0.39 is 27.0 Å². The summed E-state index contributed by atoms with van der Waals surface area (Å²) in [6.45, 7) is 78.4. The minimum Gasteiger partial charge on any atom is -1.00 e. The van der Waals surface area contributed by atoms with Crippen molar-refractivity contribution in [3.05, 3.63) is 191 Å². The molecule has 0 unspecified atom stereocenters. The number of halogens is 5. The maximum atomic E-state index is 5.83. The molecule has 11 rings (SSSR count). The zero-order chi connectivity index (χ0) is 90.0. The van der Waals surface area contributed by atoms with Crippen molar-refractivity contribution in [3.8, 4) is 22.9 Å². The molecule has 5 aliphatic carbocycles. The van der Waals surface area contributed by atoms with Crippen LogP contribution in [0, 0.1) is 40.2 Å². The second-order valence-electron chi connectivity index (χ2n) is 42.3. The van der Waals surface area contributed by atoms with E-state index in [2.05, 4.69) is 282 Å². The van der Waals surface area contributed by atoms with E-state index in [1.54, 1.807) is 102 Å². The summed E-state index contributed by atoms with van der Waals surface area (Å²) in [5, 5.41) is 0. The Balaban J connectivity index is 0.000000397. The number of imidazole rings is 1. The monoisotopic (exact) mass is 1940 g/mol. The number of hydrogen-bond acceptors (Lipinski definition) is 3. The molecule has 5 aromatic rings. The van der Waals surface area contributed by atoms with Gasteiger partial charge in [-0.15, -0.1) is 0 Å². The standard InChI is InChI=1S/C31H51N2.C31H45N2.C18H33P.2C10H12O.3C2H6.5ClH.2Ru/c2*1-28(2,3)22-15-23(29(4,5)6)18-26(17-22)32-13-14-33(21-32)27-19-24(30(7,8)9)16-25(20-27)31(10,11)12;1-4-10-16(11-5-1)19(17-12-6-2-7-13-17)18-14-8-3-9-15-18;2*1-8(2)11-10-7-5-4-6-9(10)3;3*1-2;;;;;;;/h13-15,17,19,21,23,25,27H,16,18,20H2,1-12H3;13-21H,1-12H3;16-18H,1-15H2;2*3-8H,1-2H3;3*1-2H3;5*1H;;/q-1;+1;;;;;;;;;;;;2*+2/p-3/t23-,25+,27-;;;;;;;;;;;;;;/m0............../s1. The number of aromatic nitrogens is 2. The summed E-state index contributed by atoms with van der Waals surface area (Å²) >= 11 is -3.52. The zero-order valence-electron chi connectivity index (χ0n) is 82.0. The van der Waals surface area contributed by atoms with Crippen molar-refractivity contribution in [1.29, 1.82) is 0 Å². The van der Waals surface area contributed by atoms with Crippen LogP contribution in [0.4, 0.5) is 0 Å². The predicted octanol–water partition coefficient (Wildman–Crippen LogP) is 30.1. The fourth-order valence-electron chi connectivity index (χ4n) is 16.4. The number of para-hydroxylation sites is 2. The van der Waals surface area contributed by atoms with E-state index >= 15 is 0 Å². The first kappa shape index (κ1) is 111. The van der Waals surface area contributed by atoms with Gasteiger partial charge in [-0.2, -0.15) is 6.67 Å². The first-order valence-corrected chi connectivity index (χ1v) is 58.8. The van der Waals surface area contributed by atoms with E-state index in [9.17, 15) is 0 Å². The summed E-state index contributed by atoms with van der Waals surface area (Å²) < 4.78 is 18.4. The van der Waals surface area contributed by atoms with Crippen LogP contribution in [0.5, 0.6) is 11.5 Å². The Morgan fingerprint density at radius 3 is 1.35 bits per heavy atom. The van der Waals surface area contributed by atoms with Gasteiger partial charge in [-0.1, -0.05) is 257 Å². The van der Waals surface area contributed by atoms with Crippen LogP contribution in [-0.2, 0) is 48.7 Å². The fourth-order valence-corrected chi connectivity index (χ4v) is 25.3. The van der Waals surface area contributed by atoms with Crippen LogP contribution in [-0.4, -0.2) is 63.5 Å². The largest absolute Gasteiger partial charge is 1.00 e. The summed E-state index contributed by atoms with van der Waals surface area (Å²) in [4.78, 5) is 4.86. The second-order valence-corrected chi connectivity index (χ2v) is 57.2. The van der Waals surface area contributed by atoms with E-state index in [4.69, 9.17) is 43.5 Å². The van der Waals surface area contributed by atoms with Crippen LogP contribution < -0.4 is 21.7 Å². The van der Waals surface area contributed by atoms with Gasteiger partial charge in [0, 0.05) is 14.0 Å². The average molecular weight is 1950 g/mol. The number of hydrogen-bond donors (Lipinski definition) is 0. The van der Waals surface area contributed by atoms with Crippen molar-refractivity contribution in [2.24, 2.45) is 33.5 Å². The molecule has 1 aliphatic heterocycles. The first-order valence-electron chi connectivity index (χ1n) is 46.1. The second kappa shape index (κ2) is 50.8. The van der Waals surface area contributed by atoms with Gasteiger partial charge in [0.2, 0.25) is 0 Å². The Morgan fingerprint density at radius 2 is 0.942 bits per heavy atom. The molecule has 0 bridgehead atoms. The van der Waals surface area contributed by atoms with E-state index in [0.717, 1.165) is 29.0 Å². The van der Waals surface area contributed by atoms with Gasteiger partial charge in [0.1, 0.15) is 23.8 Å². The number of rotatable bonds is 13.